The predicted octanol–water partition coefficient (Wildman–Crippen LogP) is 5.41. The van der Waals surface area contributed by atoms with Gasteiger partial charge in [0.2, 0.25) is 5.91 Å². The minimum atomic E-state index is -4.50. The maximum atomic E-state index is 13.7. The van der Waals surface area contributed by atoms with Crippen LogP contribution >= 0.6 is 0 Å². The zero-order valence-corrected chi connectivity index (χ0v) is 18.7. The van der Waals surface area contributed by atoms with E-state index in [1.54, 1.807) is 24.3 Å². The Morgan fingerprint density at radius 1 is 1.00 bits per heavy atom. The van der Waals surface area contributed by atoms with E-state index >= 15 is 0 Å². The summed E-state index contributed by atoms with van der Waals surface area (Å²) in [6.07, 6.45) is -4.50. The lowest BCUT2D eigenvalue weighted by atomic mass is 9.79. The lowest BCUT2D eigenvalue weighted by Gasteiger charge is -2.41. The van der Waals surface area contributed by atoms with Crippen LogP contribution in [0, 0.1) is 5.82 Å². The molecule has 0 spiro atoms. The molecule has 0 fully saturated rings. The molecule has 0 saturated heterocycles. The van der Waals surface area contributed by atoms with Crippen molar-refractivity contribution in [1.29, 1.82) is 0 Å². The number of carbonyl (C=O) groups is 2. The van der Waals surface area contributed by atoms with Gasteiger partial charge in [0.05, 0.1) is 24.1 Å². The number of nitrogens with zero attached hydrogens (tertiary/aromatic N) is 1. The van der Waals surface area contributed by atoms with Gasteiger partial charge in [0.15, 0.2) is 0 Å². The van der Waals surface area contributed by atoms with Crippen molar-refractivity contribution in [1.82, 2.24) is 4.90 Å². The minimum Gasteiger partial charge on any atom is -0.383 e. The molecular formula is C26H22F4N2O3. The van der Waals surface area contributed by atoms with Gasteiger partial charge in [0.1, 0.15) is 5.82 Å². The molecule has 5 nitrogen and oxygen atoms in total. The molecule has 2 unspecified atom stereocenters. The molecule has 9 heteroatoms. The zero-order valence-electron chi connectivity index (χ0n) is 18.7. The van der Waals surface area contributed by atoms with E-state index < -0.39 is 35.4 Å². The van der Waals surface area contributed by atoms with Crippen LogP contribution in [0.5, 0.6) is 0 Å². The van der Waals surface area contributed by atoms with E-state index in [9.17, 15) is 27.2 Å². The van der Waals surface area contributed by atoms with Gasteiger partial charge in [-0.3, -0.25) is 9.59 Å². The third kappa shape index (κ3) is 5.05. The SMILES string of the molecule is COCCN1C(=O)c2ccccc2C(C(=O)Nc2ccc(C(F)(F)F)cc2)C1c1ccc(F)cc1. The number of benzene rings is 3. The fourth-order valence-corrected chi connectivity index (χ4v) is 4.30. The number of alkyl halides is 3. The van der Waals surface area contributed by atoms with Crippen molar-refractivity contribution >= 4 is 17.5 Å². The molecule has 2 atom stereocenters. The number of carbonyl (C=O) groups excluding carboxylic acids is 2. The molecular weight excluding hydrogens is 464 g/mol. The highest BCUT2D eigenvalue weighted by molar-refractivity contribution is 6.04. The molecule has 0 saturated carbocycles. The quantitative estimate of drug-likeness (QED) is 0.474. The summed E-state index contributed by atoms with van der Waals surface area (Å²) in [6, 6.07) is 15.6. The topological polar surface area (TPSA) is 58.6 Å². The summed E-state index contributed by atoms with van der Waals surface area (Å²) in [7, 11) is 1.49. The molecule has 0 radical (unpaired) electrons. The summed E-state index contributed by atoms with van der Waals surface area (Å²) in [5.41, 5.74) is 0.704. The van der Waals surface area contributed by atoms with Gasteiger partial charge in [-0.15, -0.1) is 0 Å². The Labute approximate surface area is 199 Å². The third-order valence-electron chi connectivity index (χ3n) is 5.95. The standard InChI is InChI=1S/C26H22F4N2O3/c1-35-15-14-32-23(16-6-10-18(27)11-7-16)22(20-4-2-3-5-21(20)25(32)34)24(33)31-19-12-8-17(9-13-19)26(28,29)30/h2-13,22-23H,14-15H2,1H3,(H,31,33). The molecule has 4 rings (SSSR count). The van der Waals surface area contributed by atoms with Gasteiger partial charge in [0.25, 0.3) is 5.91 Å². The van der Waals surface area contributed by atoms with Crippen LogP contribution in [0.3, 0.4) is 0 Å². The van der Waals surface area contributed by atoms with E-state index in [4.69, 9.17) is 4.74 Å². The summed E-state index contributed by atoms with van der Waals surface area (Å²) in [4.78, 5) is 28.5. The lowest BCUT2D eigenvalue weighted by Crippen LogP contribution is -2.47. The van der Waals surface area contributed by atoms with Crippen LogP contribution in [0.2, 0.25) is 0 Å². The monoisotopic (exact) mass is 486 g/mol. The number of ether oxygens (including phenoxy) is 1. The summed E-state index contributed by atoms with van der Waals surface area (Å²) in [5, 5.41) is 2.68. The number of hydrogen-bond donors (Lipinski definition) is 1. The number of halogens is 4. The predicted molar refractivity (Wildman–Crippen MR) is 121 cm³/mol. The van der Waals surface area contributed by atoms with E-state index in [-0.39, 0.29) is 24.7 Å². The lowest BCUT2D eigenvalue weighted by molar-refractivity contribution is -0.137. The first kappa shape index (κ1) is 24.4. The number of fused-ring (bicyclic) bond motifs is 1. The van der Waals surface area contributed by atoms with Crippen molar-refractivity contribution in [3.8, 4) is 0 Å². The first-order chi connectivity index (χ1) is 16.7. The van der Waals surface area contributed by atoms with Gasteiger partial charge in [-0.1, -0.05) is 30.3 Å². The van der Waals surface area contributed by atoms with Crippen molar-refractivity contribution in [2.24, 2.45) is 0 Å². The molecule has 3 aromatic carbocycles. The van der Waals surface area contributed by atoms with Crippen LogP contribution in [0.25, 0.3) is 0 Å². The van der Waals surface area contributed by atoms with E-state index in [2.05, 4.69) is 5.32 Å². The van der Waals surface area contributed by atoms with Crippen LogP contribution in [0.15, 0.2) is 72.8 Å². The van der Waals surface area contributed by atoms with E-state index in [0.29, 0.717) is 16.7 Å². The second-order valence-electron chi connectivity index (χ2n) is 8.12. The van der Waals surface area contributed by atoms with Gasteiger partial charge in [-0.25, -0.2) is 4.39 Å². The molecule has 2 amide bonds. The Kier molecular flexibility index (Phi) is 6.88. The number of methoxy groups -OCH3 is 1. The number of amides is 2. The van der Waals surface area contributed by atoms with Crippen molar-refractivity contribution in [2.45, 2.75) is 18.1 Å². The second kappa shape index (κ2) is 9.87. The highest BCUT2D eigenvalue weighted by atomic mass is 19.4. The minimum absolute atomic E-state index is 0.176. The van der Waals surface area contributed by atoms with Crippen LogP contribution < -0.4 is 5.32 Å². The maximum absolute atomic E-state index is 13.7. The number of hydrogen-bond acceptors (Lipinski definition) is 3. The zero-order chi connectivity index (χ0) is 25.2. The van der Waals surface area contributed by atoms with Crippen molar-refractivity contribution in [3.63, 3.8) is 0 Å². The fourth-order valence-electron chi connectivity index (χ4n) is 4.30. The Hall–Kier alpha value is -3.72. The average molecular weight is 486 g/mol. The summed E-state index contributed by atoms with van der Waals surface area (Å²) < 4.78 is 57.6. The van der Waals surface area contributed by atoms with Gasteiger partial charge < -0.3 is 15.0 Å². The van der Waals surface area contributed by atoms with Crippen molar-refractivity contribution in [2.75, 3.05) is 25.6 Å². The molecule has 182 valence electrons. The van der Waals surface area contributed by atoms with E-state index in [1.165, 1.54) is 48.4 Å². The van der Waals surface area contributed by atoms with E-state index in [1.807, 2.05) is 0 Å². The third-order valence-corrected chi connectivity index (χ3v) is 5.95. The van der Waals surface area contributed by atoms with Gasteiger partial charge in [-0.2, -0.15) is 13.2 Å². The molecule has 1 N–H and O–H groups in total. The Bertz CT molecular complexity index is 1210. The largest absolute Gasteiger partial charge is 0.416 e. The Balaban J connectivity index is 1.77. The first-order valence-corrected chi connectivity index (χ1v) is 10.8. The molecule has 0 aromatic heterocycles. The van der Waals surface area contributed by atoms with Crippen molar-refractivity contribution in [3.05, 3.63) is 101 Å². The van der Waals surface area contributed by atoms with Gasteiger partial charge >= 0.3 is 6.18 Å². The number of nitrogens with one attached hydrogen (secondary N) is 1. The number of rotatable bonds is 6. The van der Waals surface area contributed by atoms with Crippen molar-refractivity contribution < 1.29 is 31.9 Å². The molecule has 35 heavy (non-hydrogen) atoms. The van der Waals surface area contributed by atoms with Gasteiger partial charge in [0, 0.05) is 24.9 Å². The first-order valence-electron chi connectivity index (χ1n) is 10.8. The van der Waals surface area contributed by atoms with Crippen LogP contribution in [0.1, 0.15) is 39.0 Å². The smallest absolute Gasteiger partial charge is 0.383 e. The highest BCUT2D eigenvalue weighted by Crippen LogP contribution is 2.43. The molecule has 1 aliphatic rings. The summed E-state index contributed by atoms with van der Waals surface area (Å²) in [5.74, 6) is -2.19. The highest BCUT2D eigenvalue weighted by Gasteiger charge is 2.44. The maximum Gasteiger partial charge on any atom is 0.416 e. The Morgan fingerprint density at radius 2 is 1.66 bits per heavy atom. The summed E-state index contributed by atoms with van der Waals surface area (Å²) >= 11 is 0. The molecule has 1 aliphatic heterocycles. The average Bonchev–Trinajstić information content (AvgIpc) is 2.83. The molecule has 0 bridgehead atoms. The van der Waals surface area contributed by atoms with Crippen LogP contribution in [0.4, 0.5) is 23.2 Å². The summed E-state index contributed by atoms with van der Waals surface area (Å²) in [6.45, 7) is 0.384. The van der Waals surface area contributed by atoms with Gasteiger partial charge in [-0.05, 0) is 53.6 Å². The van der Waals surface area contributed by atoms with Crippen LogP contribution in [-0.4, -0.2) is 37.0 Å². The normalized spacial score (nSPS) is 17.7. The number of anilines is 1. The molecule has 0 aliphatic carbocycles. The van der Waals surface area contributed by atoms with Crippen LogP contribution in [-0.2, 0) is 15.7 Å². The molecule has 3 aromatic rings. The molecule has 1 heterocycles. The fraction of sp³-hybridized carbons (Fsp3) is 0.231. The van der Waals surface area contributed by atoms with E-state index in [0.717, 1.165) is 12.1 Å². The Morgan fingerprint density at radius 3 is 2.29 bits per heavy atom. The second-order valence-corrected chi connectivity index (χ2v) is 8.12.